The molecular formula is H3N2PY10-2. The van der Waals surface area contributed by atoms with Crippen LogP contribution in [0, 0.1) is 0 Å². The second-order valence-electron chi connectivity index (χ2n) is 0.125. The van der Waals surface area contributed by atoms with Crippen molar-refractivity contribution in [1.82, 2.24) is 0 Å². The van der Waals surface area contributed by atoms with Crippen molar-refractivity contribution in [3.05, 3.63) is 11.0 Å². The van der Waals surface area contributed by atoms with Crippen molar-refractivity contribution < 1.29 is 327 Å². The van der Waals surface area contributed by atoms with Crippen LogP contribution < -0.4 is 0 Å². The van der Waals surface area contributed by atoms with Gasteiger partial charge < -0.3 is 19.9 Å². The second-order valence-corrected chi connectivity index (χ2v) is 0.375. The van der Waals surface area contributed by atoms with E-state index in [4.69, 9.17) is 11.0 Å². The van der Waals surface area contributed by atoms with Crippen LogP contribution in [0.3, 0.4) is 0 Å². The maximum absolute atomic E-state index is 5.90. The van der Waals surface area contributed by atoms with E-state index in [1.54, 1.807) is 0 Å². The van der Waals surface area contributed by atoms with Crippen molar-refractivity contribution in [2.24, 2.45) is 0 Å². The molecule has 13 heteroatoms. The Balaban J connectivity index is -0.000000000444. The molecule has 0 aliphatic rings. The summed E-state index contributed by atoms with van der Waals surface area (Å²) in [7, 11) is -0.417. The summed E-state index contributed by atoms with van der Waals surface area (Å²) in [4.78, 5) is 0. The molecule has 0 bridgehead atoms. The van der Waals surface area contributed by atoms with Crippen LogP contribution in [0.4, 0.5) is 0 Å². The SMILES string of the molecule is [NH-]P[NH-].[Y].[Y].[Y].[Y].[Y].[Y].[Y].[Y].[Y].[Y]. The Morgan fingerprint density at radius 1 is 0.385 bits per heavy atom. The fourth-order valence-electron chi connectivity index (χ4n) is 0. The standard InChI is InChI=1S/H3N2P.10Y/c1-3-2;;;;;;;;;;/h1-3H;;;;;;;;;;/q-2;;;;;;;;;;. The molecule has 0 unspecified atom stereocenters. The van der Waals surface area contributed by atoms with Crippen LogP contribution in [-0.4, -0.2) is 0 Å². The van der Waals surface area contributed by atoms with Gasteiger partial charge in [-0.15, -0.1) is 0 Å². The second kappa shape index (κ2) is 76.4. The Morgan fingerprint density at radius 3 is 0.385 bits per heavy atom. The summed E-state index contributed by atoms with van der Waals surface area (Å²) in [6.45, 7) is 0. The normalized spacial score (nSPS) is 1.38. The molecule has 0 saturated heterocycles. The quantitative estimate of drug-likeness (QED) is 0.332. The summed E-state index contributed by atoms with van der Waals surface area (Å²) in [5.41, 5.74) is 11.8. The number of nitrogens with one attached hydrogen (secondary N) is 2. The molecule has 0 aliphatic heterocycles. The molecule has 0 aromatic heterocycles. The largest absolute Gasteiger partial charge is 0.672 e. The smallest absolute Gasteiger partial charge is 0 e. The summed E-state index contributed by atoms with van der Waals surface area (Å²) < 4.78 is 0. The third kappa shape index (κ3) is 82.5. The van der Waals surface area contributed by atoms with Crippen molar-refractivity contribution in [3.8, 4) is 0 Å². The van der Waals surface area contributed by atoms with E-state index < -0.39 is 8.88 Å². The van der Waals surface area contributed by atoms with Gasteiger partial charge in [-0.1, -0.05) is 0 Å². The van der Waals surface area contributed by atoms with Crippen LogP contribution >= 0.6 is 8.88 Å². The third-order valence-corrected chi connectivity index (χ3v) is 0. The first-order chi connectivity index (χ1) is 1.41. The summed E-state index contributed by atoms with van der Waals surface area (Å²) >= 11 is 0. The van der Waals surface area contributed by atoms with E-state index in [0.29, 0.717) is 0 Å². The molecule has 50 valence electrons. The summed E-state index contributed by atoms with van der Waals surface area (Å²) in [6, 6.07) is 0. The summed E-state index contributed by atoms with van der Waals surface area (Å²) in [5.74, 6) is 0. The van der Waals surface area contributed by atoms with Gasteiger partial charge in [-0.3, -0.25) is 0 Å². The van der Waals surface area contributed by atoms with Crippen LogP contribution in [0.5, 0.6) is 0 Å². The van der Waals surface area contributed by atoms with Gasteiger partial charge in [-0.25, -0.2) is 0 Å². The van der Waals surface area contributed by atoms with E-state index in [0.717, 1.165) is 0 Å². The fourth-order valence-corrected chi connectivity index (χ4v) is 0. The van der Waals surface area contributed by atoms with Crippen LogP contribution in [-0.2, 0) is 327 Å². The molecule has 0 aromatic rings. The van der Waals surface area contributed by atoms with Gasteiger partial charge in [0.25, 0.3) is 0 Å². The molecule has 0 saturated carbocycles. The van der Waals surface area contributed by atoms with Gasteiger partial charge in [0.2, 0.25) is 0 Å². The van der Waals surface area contributed by atoms with E-state index in [9.17, 15) is 0 Å². The monoisotopic (exact) mass is 951 g/mol. The number of hydrogen-bond donors (Lipinski definition) is 0. The average molecular weight is 951 g/mol. The van der Waals surface area contributed by atoms with Gasteiger partial charge >= 0.3 is 0 Å². The van der Waals surface area contributed by atoms with Gasteiger partial charge in [0.05, 0.1) is 0 Å². The number of rotatable bonds is 0. The zero-order chi connectivity index (χ0) is 2.71. The first-order valence-electron chi connectivity index (χ1n) is 0.500. The van der Waals surface area contributed by atoms with Gasteiger partial charge in [0.1, 0.15) is 0 Å². The van der Waals surface area contributed by atoms with Gasteiger partial charge in [-0.05, 0) is 0 Å². The molecule has 0 amide bonds. The Kier molecular flexibility index (Phi) is 437. The van der Waals surface area contributed by atoms with E-state index >= 15 is 0 Å². The Bertz CT molecular complexity index is 12.9. The van der Waals surface area contributed by atoms with Crippen LogP contribution in [0.1, 0.15) is 0 Å². The van der Waals surface area contributed by atoms with Crippen LogP contribution in [0.2, 0.25) is 0 Å². The summed E-state index contributed by atoms with van der Waals surface area (Å²) in [6.07, 6.45) is 0. The first kappa shape index (κ1) is 74.4. The first-order valence-corrected chi connectivity index (χ1v) is 1.50. The van der Waals surface area contributed by atoms with Crippen LogP contribution in [0.15, 0.2) is 0 Å². The molecule has 10 radical (unpaired) electrons. The Morgan fingerprint density at radius 2 is 0.385 bits per heavy atom. The molecule has 13 heavy (non-hydrogen) atoms. The van der Waals surface area contributed by atoms with Crippen molar-refractivity contribution in [1.29, 1.82) is 0 Å². The van der Waals surface area contributed by atoms with Crippen molar-refractivity contribution in [3.63, 3.8) is 0 Å². The third-order valence-electron chi connectivity index (χ3n) is 0. The van der Waals surface area contributed by atoms with Crippen molar-refractivity contribution in [2.45, 2.75) is 0 Å². The molecule has 2 nitrogen and oxygen atoms in total. The van der Waals surface area contributed by atoms with Gasteiger partial charge in [-0.2, -0.15) is 0 Å². The van der Waals surface area contributed by atoms with Crippen LogP contribution in [0.25, 0.3) is 11.0 Å². The fraction of sp³-hybridized carbons (Fsp3) is 0. The minimum atomic E-state index is -0.417. The predicted octanol–water partition coefficient (Wildman–Crippen LogP) is 1.57. The topological polar surface area (TPSA) is 47.6 Å². The van der Waals surface area contributed by atoms with E-state index in [1.165, 1.54) is 0 Å². The average Bonchev–Trinajstić information content (AvgIpc) is 0.918. The van der Waals surface area contributed by atoms with E-state index in [-0.39, 0.29) is 327 Å². The molecule has 0 spiro atoms. The van der Waals surface area contributed by atoms with Crippen molar-refractivity contribution >= 4 is 8.88 Å². The summed E-state index contributed by atoms with van der Waals surface area (Å²) in [5, 5.41) is 0. The van der Waals surface area contributed by atoms with Gasteiger partial charge in [0.15, 0.2) is 0 Å². The zero-order valence-electron chi connectivity index (χ0n) is 7.27. The predicted molar refractivity (Wildman–Crippen MR) is 17.0 cm³/mol. The van der Waals surface area contributed by atoms with Gasteiger partial charge in [0, 0.05) is 327 Å². The zero-order valence-corrected chi connectivity index (χ0v) is 36.7. The molecule has 0 fully saturated rings. The van der Waals surface area contributed by atoms with E-state index in [1.807, 2.05) is 0 Å². The minimum absolute atomic E-state index is 0. The molecule has 2 N–H and O–H groups in total. The Hall–Kier alpha value is 11.4. The molecule has 0 heterocycles. The maximum atomic E-state index is 5.90. The minimum Gasteiger partial charge on any atom is -0.672 e. The van der Waals surface area contributed by atoms with Crippen molar-refractivity contribution in [2.75, 3.05) is 0 Å². The molecular weight excluding hydrogens is 948 g/mol. The molecule has 0 atom stereocenters. The maximum Gasteiger partial charge on any atom is 0 e. The molecule has 0 aliphatic carbocycles. The van der Waals surface area contributed by atoms with E-state index in [2.05, 4.69) is 0 Å². The Labute approximate surface area is 335 Å². The number of hydrogen-bond acceptors (Lipinski definition) is 0. The molecule has 0 aromatic carbocycles. The molecule has 0 rings (SSSR count).